The molecule has 3 rings (SSSR count). The summed E-state index contributed by atoms with van der Waals surface area (Å²) in [5, 5.41) is 6.86. The molecule has 0 aliphatic carbocycles. The zero-order chi connectivity index (χ0) is 20.5. The third-order valence-electron chi connectivity index (χ3n) is 5.07. The highest BCUT2D eigenvalue weighted by Gasteiger charge is 2.38. The highest BCUT2D eigenvalue weighted by Crippen LogP contribution is 2.29. The molecular formula is C24H32N2O2. The van der Waals surface area contributed by atoms with Gasteiger partial charge in [-0.05, 0) is 102 Å². The Balaban J connectivity index is 1.65. The van der Waals surface area contributed by atoms with Gasteiger partial charge in [-0.25, -0.2) is 0 Å². The molecule has 4 heteroatoms. The van der Waals surface area contributed by atoms with Crippen molar-refractivity contribution in [1.82, 2.24) is 10.6 Å². The lowest BCUT2D eigenvalue weighted by Crippen LogP contribution is -2.62. The van der Waals surface area contributed by atoms with E-state index in [4.69, 9.17) is 4.74 Å². The standard InChI is InChI=1S/C24H32N2O2/c1-16-11-17(2)13-21(12-16)28-20-9-7-18(8-10-20)22(27)25-19-14-23(3,4)26-24(5,6)15-19/h7-13,19,26H,14-15H2,1-6H3,(H,25,27). The number of carbonyl (C=O) groups is 1. The molecular weight excluding hydrogens is 348 g/mol. The van der Waals surface area contributed by atoms with Crippen molar-refractivity contribution in [2.75, 3.05) is 0 Å². The van der Waals surface area contributed by atoms with Crippen molar-refractivity contribution in [3.05, 3.63) is 59.2 Å². The van der Waals surface area contributed by atoms with E-state index < -0.39 is 0 Å². The molecule has 150 valence electrons. The summed E-state index contributed by atoms with van der Waals surface area (Å²) in [6.45, 7) is 12.9. The van der Waals surface area contributed by atoms with Gasteiger partial charge in [-0.15, -0.1) is 0 Å². The van der Waals surface area contributed by atoms with Gasteiger partial charge in [0.25, 0.3) is 5.91 Å². The van der Waals surface area contributed by atoms with E-state index in [1.54, 1.807) is 0 Å². The van der Waals surface area contributed by atoms with E-state index in [-0.39, 0.29) is 23.0 Å². The lowest BCUT2D eigenvalue weighted by atomic mass is 9.79. The second-order valence-corrected chi connectivity index (χ2v) is 9.42. The van der Waals surface area contributed by atoms with Gasteiger partial charge >= 0.3 is 0 Å². The SMILES string of the molecule is Cc1cc(C)cc(Oc2ccc(C(=O)NC3CC(C)(C)NC(C)(C)C3)cc2)c1. The van der Waals surface area contributed by atoms with E-state index in [1.807, 2.05) is 36.4 Å². The molecule has 1 aliphatic heterocycles. The fourth-order valence-electron chi connectivity index (χ4n) is 4.50. The van der Waals surface area contributed by atoms with Crippen molar-refractivity contribution in [1.29, 1.82) is 0 Å². The van der Waals surface area contributed by atoms with Gasteiger partial charge in [-0.2, -0.15) is 0 Å². The third kappa shape index (κ3) is 5.35. The molecule has 0 unspecified atom stereocenters. The van der Waals surface area contributed by atoms with Crippen molar-refractivity contribution in [3.63, 3.8) is 0 Å². The molecule has 28 heavy (non-hydrogen) atoms. The highest BCUT2D eigenvalue weighted by atomic mass is 16.5. The molecule has 1 amide bonds. The van der Waals surface area contributed by atoms with E-state index in [0.29, 0.717) is 5.56 Å². The number of aryl methyl sites for hydroxylation is 2. The topological polar surface area (TPSA) is 50.4 Å². The van der Waals surface area contributed by atoms with E-state index in [1.165, 1.54) is 11.1 Å². The number of benzene rings is 2. The Hall–Kier alpha value is -2.33. The van der Waals surface area contributed by atoms with Crippen molar-refractivity contribution in [2.45, 2.75) is 71.5 Å². The summed E-state index contributed by atoms with van der Waals surface area (Å²) in [7, 11) is 0. The first-order valence-electron chi connectivity index (χ1n) is 9.98. The number of ether oxygens (including phenoxy) is 1. The van der Waals surface area contributed by atoms with Crippen molar-refractivity contribution in [2.24, 2.45) is 0 Å². The molecule has 0 spiro atoms. The van der Waals surface area contributed by atoms with Crippen LogP contribution in [0.3, 0.4) is 0 Å². The fraction of sp³-hybridized carbons (Fsp3) is 0.458. The Morgan fingerprint density at radius 1 is 0.929 bits per heavy atom. The second kappa shape index (κ2) is 7.59. The third-order valence-corrected chi connectivity index (χ3v) is 5.07. The zero-order valence-corrected chi connectivity index (χ0v) is 17.8. The van der Waals surface area contributed by atoms with Crippen LogP contribution in [0.1, 0.15) is 62.0 Å². The second-order valence-electron chi connectivity index (χ2n) is 9.42. The highest BCUT2D eigenvalue weighted by molar-refractivity contribution is 5.94. The van der Waals surface area contributed by atoms with Gasteiger partial charge in [0.2, 0.25) is 0 Å². The van der Waals surface area contributed by atoms with Gasteiger partial charge in [-0.1, -0.05) is 6.07 Å². The smallest absolute Gasteiger partial charge is 0.251 e. The summed E-state index contributed by atoms with van der Waals surface area (Å²) in [5.74, 6) is 1.51. The van der Waals surface area contributed by atoms with Gasteiger partial charge in [0, 0.05) is 22.7 Å². The fourth-order valence-corrected chi connectivity index (χ4v) is 4.50. The van der Waals surface area contributed by atoms with Crippen LogP contribution in [0, 0.1) is 13.8 Å². The lowest BCUT2D eigenvalue weighted by molar-refractivity contribution is 0.0873. The number of rotatable bonds is 4. The Labute approximate surface area is 168 Å². The normalized spacial score (nSPS) is 18.5. The summed E-state index contributed by atoms with van der Waals surface area (Å²) < 4.78 is 5.94. The predicted molar refractivity (Wildman–Crippen MR) is 114 cm³/mol. The minimum Gasteiger partial charge on any atom is -0.457 e. The van der Waals surface area contributed by atoms with Crippen LogP contribution in [-0.4, -0.2) is 23.0 Å². The molecule has 0 bridgehead atoms. The van der Waals surface area contributed by atoms with Crippen molar-refractivity contribution >= 4 is 5.91 Å². The summed E-state index contributed by atoms with van der Waals surface area (Å²) in [5.41, 5.74) is 2.99. The summed E-state index contributed by atoms with van der Waals surface area (Å²) >= 11 is 0. The van der Waals surface area contributed by atoms with Crippen LogP contribution in [0.4, 0.5) is 0 Å². The molecule has 2 N–H and O–H groups in total. The van der Waals surface area contributed by atoms with Crippen LogP contribution in [0.2, 0.25) is 0 Å². The monoisotopic (exact) mass is 380 g/mol. The first kappa shape index (κ1) is 20.4. The van der Waals surface area contributed by atoms with Gasteiger partial charge < -0.3 is 15.4 Å². The quantitative estimate of drug-likeness (QED) is 0.773. The Morgan fingerprint density at radius 3 is 2.00 bits per heavy atom. The van der Waals surface area contributed by atoms with E-state index >= 15 is 0 Å². The zero-order valence-electron chi connectivity index (χ0n) is 17.8. The maximum absolute atomic E-state index is 12.7. The molecule has 2 aromatic rings. The molecule has 0 atom stereocenters. The lowest BCUT2D eigenvalue weighted by Gasteiger charge is -2.46. The first-order chi connectivity index (χ1) is 13.0. The Morgan fingerprint density at radius 2 is 1.46 bits per heavy atom. The van der Waals surface area contributed by atoms with Crippen LogP contribution in [0.15, 0.2) is 42.5 Å². The molecule has 0 radical (unpaired) electrons. The molecule has 2 aromatic carbocycles. The number of piperidine rings is 1. The minimum atomic E-state index is -0.0311. The van der Waals surface area contributed by atoms with Gasteiger partial charge in [0.15, 0.2) is 0 Å². The van der Waals surface area contributed by atoms with Gasteiger partial charge in [-0.3, -0.25) is 4.79 Å². The largest absolute Gasteiger partial charge is 0.457 e. The molecule has 1 fully saturated rings. The Kier molecular flexibility index (Phi) is 5.53. The number of hydrogen-bond acceptors (Lipinski definition) is 3. The van der Waals surface area contributed by atoms with Crippen molar-refractivity contribution in [3.8, 4) is 11.5 Å². The van der Waals surface area contributed by atoms with Crippen LogP contribution >= 0.6 is 0 Å². The van der Waals surface area contributed by atoms with Crippen LogP contribution < -0.4 is 15.4 Å². The minimum absolute atomic E-state index is 0.00331. The van der Waals surface area contributed by atoms with E-state index in [2.05, 4.69) is 58.2 Å². The molecule has 0 saturated carbocycles. The molecule has 0 aromatic heterocycles. The molecule has 1 saturated heterocycles. The summed E-state index contributed by atoms with van der Waals surface area (Å²) in [4.78, 5) is 12.7. The Bertz CT molecular complexity index is 817. The van der Waals surface area contributed by atoms with Crippen LogP contribution in [-0.2, 0) is 0 Å². The van der Waals surface area contributed by atoms with Crippen molar-refractivity contribution < 1.29 is 9.53 Å². The molecule has 1 heterocycles. The summed E-state index contributed by atoms with van der Waals surface area (Å²) in [6.07, 6.45) is 1.83. The average molecular weight is 381 g/mol. The van der Waals surface area contributed by atoms with E-state index in [9.17, 15) is 4.79 Å². The molecule has 4 nitrogen and oxygen atoms in total. The maximum Gasteiger partial charge on any atom is 0.251 e. The van der Waals surface area contributed by atoms with Gasteiger partial charge in [0.05, 0.1) is 0 Å². The van der Waals surface area contributed by atoms with Crippen LogP contribution in [0.25, 0.3) is 0 Å². The predicted octanol–water partition coefficient (Wildman–Crippen LogP) is 5.13. The van der Waals surface area contributed by atoms with Crippen LogP contribution in [0.5, 0.6) is 11.5 Å². The van der Waals surface area contributed by atoms with E-state index in [0.717, 1.165) is 24.3 Å². The number of nitrogens with one attached hydrogen (secondary N) is 2. The summed E-state index contributed by atoms with van der Waals surface area (Å²) in [6, 6.07) is 13.6. The number of carbonyl (C=O) groups excluding carboxylic acids is 1. The first-order valence-corrected chi connectivity index (χ1v) is 9.98. The number of amides is 1. The van der Waals surface area contributed by atoms with Gasteiger partial charge in [0.1, 0.15) is 11.5 Å². The number of hydrogen-bond donors (Lipinski definition) is 2. The average Bonchev–Trinajstić information content (AvgIpc) is 2.51. The molecule has 1 aliphatic rings. The maximum atomic E-state index is 12.7.